The summed E-state index contributed by atoms with van der Waals surface area (Å²) in [5.41, 5.74) is 0.870. The molecule has 0 heterocycles. The van der Waals surface area contributed by atoms with Crippen molar-refractivity contribution in [2.24, 2.45) is 0 Å². The van der Waals surface area contributed by atoms with Crippen LogP contribution in [0.25, 0.3) is 6.08 Å². The third kappa shape index (κ3) is 6.34. The summed E-state index contributed by atoms with van der Waals surface area (Å²) in [5.74, 6) is 1.08. The first-order valence-corrected chi connectivity index (χ1v) is 7.45. The summed E-state index contributed by atoms with van der Waals surface area (Å²) in [6.45, 7) is 7.44. The van der Waals surface area contributed by atoms with Gasteiger partial charge in [0, 0.05) is 6.08 Å². The number of esters is 1. The molecule has 116 valence electrons. The summed E-state index contributed by atoms with van der Waals surface area (Å²) in [6, 6.07) is 5.62. The molecule has 0 unspecified atom stereocenters. The van der Waals surface area contributed by atoms with Gasteiger partial charge in [0.05, 0.1) is 19.8 Å². The minimum absolute atomic E-state index is 0.348. The maximum Gasteiger partial charge on any atom is 0.330 e. The van der Waals surface area contributed by atoms with E-state index in [1.165, 1.54) is 6.08 Å². The number of rotatable bonds is 9. The van der Waals surface area contributed by atoms with Crippen LogP contribution in [0.2, 0.25) is 0 Å². The Balaban J connectivity index is 2.79. The second-order valence-electron chi connectivity index (χ2n) is 4.43. The standard InChI is InChI=1S/C17H24O4/c1-4-7-12-21-15-10-8-14(13-16(15)19-5-2)9-11-17(18)20-6-3/h8-11,13H,4-7,12H2,1-3H3/b11-9+. The molecule has 1 aromatic rings. The lowest BCUT2D eigenvalue weighted by Gasteiger charge is -2.12. The molecule has 0 saturated heterocycles. The van der Waals surface area contributed by atoms with E-state index in [0.717, 1.165) is 24.2 Å². The van der Waals surface area contributed by atoms with Gasteiger partial charge in [0.25, 0.3) is 0 Å². The van der Waals surface area contributed by atoms with Crippen LogP contribution in [0.5, 0.6) is 11.5 Å². The number of unbranched alkanes of at least 4 members (excludes halogenated alkanes) is 1. The van der Waals surface area contributed by atoms with Crippen molar-refractivity contribution in [1.82, 2.24) is 0 Å². The number of benzene rings is 1. The van der Waals surface area contributed by atoms with Crippen LogP contribution in [-0.4, -0.2) is 25.8 Å². The zero-order valence-corrected chi connectivity index (χ0v) is 13.1. The van der Waals surface area contributed by atoms with Crippen molar-refractivity contribution in [3.05, 3.63) is 29.8 Å². The van der Waals surface area contributed by atoms with E-state index in [4.69, 9.17) is 14.2 Å². The molecule has 0 aliphatic carbocycles. The van der Waals surface area contributed by atoms with Crippen molar-refractivity contribution in [3.63, 3.8) is 0 Å². The zero-order chi connectivity index (χ0) is 15.5. The molecule has 0 saturated carbocycles. The highest BCUT2D eigenvalue weighted by atomic mass is 16.5. The minimum Gasteiger partial charge on any atom is -0.490 e. The summed E-state index contributed by atoms with van der Waals surface area (Å²) >= 11 is 0. The van der Waals surface area contributed by atoms with E-state index in [1.807, 2.05) is 25.1 Å². The molecule has 1 aromatic carbocycles. The fraction of sp³-hybridized carbons (Fsp3) is 0.471. The Morgan fingerprint density at radius 2 is 1.90 bits per heavy atom. The highest BCUT2D eigenvalue weighted by Gasteiger charge is 2.05. The molecule has 4 nitrogen and oxygen atoms in total. The first-order valence-electron chi connectivity index (χ1n) is 7.45. The lowest BCUT2D eigenvalue weighted by atomic mass is 10.2. The molecule has 0 fully saturated rings. The molecule has 0 aliphatic heterocycles. The first-order chi connectivity index (χ1) is 10.2. The van der Waals surface area contributed by atoms with Gasteiger partial charge in [0.2, 0.25) is 0 Å². The van der Waals surface area contributed by atoms with E-state index in [-0.39, 0.29) is 5.97 Å². The Bertz CT molecular complexity index is 466. The van der Waals surface area contributed by atoms with Gasteiger partial charge in [-0.25, -0.2) is 4.79 Å². The second-order valence-corrected chi connectivity index (χ2v) is 4.43. The fourth-order valence-electron chi connectivity index (χ4n) is 1.70. The Hall–Kier alpha value is -1.97. The average molecular weight is 292 g/mol. The van der Waals surface area contributed by atoms with Gasteiger partial charge in [-0.1, -0.05) is 19.4 Å². The molecule has 0 amide bonds. The predicted octanol–water partition coefficient (Wildman–Crippen LogP) is 3.84. The van der Waals surface area contributed by atoms with Crippen LogP contribution in [-0.2, 0) is 9.53 Å². The third-order valence-corrected chi connectivity index (χ3v) is 2.72. The van der Waals surface area contributed by atoms with Gasteiger partial charge in [0.1, 0.15) is 0 Å². The molecule has 0 atom stereocenters. The summed E-state index contributed by atoms with van der Waals surface area (Å²) < 4.78 is 16.1. The van der Waals surface area contributed by atoms with Crippen LogP contribution in [0.4, 0.5) is 0 Å². The van der Waals surface area contributed by atoms with Crippen molar-refractivity contribution >= 4 is 12.0 Å². The maximum atomic E-state index is 11.3. The van der Waals surface area contributed by atoms with E-state index in [0.29, 0.717) is 25.6 Å². The van der Waals surface area contributed by atoms with Crippen LogP contribution in [0, 0.1) is 0 Å². The molecule has 0 aliphatic rings. The van der Waals surface area contributed by atoms with Gasteiger partial charge in [-0.05, 0) is 44.0 Å². The number of carbonyl (C=O) groups excluding carboxylic acids is 1. The molecule has 0 spiro atoms. The van der Waals surface area contributed by atoms with Gasteiger partial charge >= 0.3 is 5.97 Å². The fourth-order valence-corrected chi connectivity index (χ4v) is 1.70. The smallest absolute Gasteiger partial charge is 0.330 e. The molecule has 0 aromatic heterocycles. The Morgan fingerprint density at radius 1 is 1.10 bits per heavy atom. The Kier molecular flexibility index (Phi) is 8.02. The van der Waals surface area contributed by atoms with Crippen molar-refractivity contribution in [2.75, 3.05) is 19.8 Å². The number of hydrogen-bond acceptors (Lipinski definition) is 4. The van der Waals surface area contributed by atoms with Crippen molar-refractivity contribution in [3.8, 4) is 11.5 Å². The van der Waals surface area contributed by atoms with Gasteiger partial charge in [0.15, 0.2) is 11.5 Å². The minimum atomic E-state index is -0.348. The summed E-state index contributed by atoms with van der Waals surface area (Å²) in [5, 5.41) is 0. The normalized spacial score (nSPS) is 10.6. The second kappa shape index (κ2) is 9.86. The van der Waals surface area contributed by atoms with Crippen molar-refractivity contribution in [1.29, 1.82) is 0 Å². The van der Waals surface area contributed by atoms with Gasteiger partial charge in [-0.2, -0.15) is 0 Å². The van der Waals surface area contributed by atoms with Gasteiger partial charge < -0.3 is 14.2 Å². The molecule has 4 heteroatoms. The van der Waals surface area contributed by atoms with E-state index in [1.54, 1.807) is 13.0 Å². The number of hydrogen-bond donors (Lipinski definition) is 0. The number of ether oxygens (including phenoxy) is 3. The van der Waals surface area contributed by atoms with Gasteiger partial charge in [-0.3, -0.25) is 0 Å². The topological polar surface area (TPSA) is 44.8 Å². The van der Waals surface area contributed by atoms with E-state index < -0.39 is 0 Å². The largest absolute Gasteiger partial charge is 0.490 e. The summed E-state index contributed by atoms with van der Waals surface area (Å²) in [4.78, 5) is 11.3. The Labute approximate surface area is 126 Å². The quantitative estimate of drug-likeness (QED) is 0.394. The van der Waals surface area contributed by atoms with Crippen LogP contribution in [0.1, 0.15) is 39.2 Å². The average Bonchev–Trinajstić information content (AvgIpc) is 2.48. The highest BCUT2D eigenvalue weighted by Crippen LogP contribution is 2.29. The van der Waals surface area contributed by atoms with Gasteiger partial charge in [-0.15, -0.1) is 0 Å². The van der Waals surface area contributed by atoms with Crippen LogP contribution >= 0.6 is 0 Å². The zero-order valence-electron chi connectivity index (χ0n) is 13.1. The van der Waals surface area contributed by atoms with E-state index >= 15 is 0 Å². The monoisotopic (exact) mass is 292 g/mol. The van der Waals surface area contributed by atoms with E-state index in [2.05, 4.69) is 6.92 Å². The molecule has 0 radical (unpaired) electrons. The maximum absolute atomic E-state index is 11.3. The van der Waals surface area contributed by atoms with Crippen LogP contribution in [0.15, 0.2) is 24.3 Å². The van der Waals surface area contributed by atoms with E-state index in [9.17, 15) is 4.79 Å². The van der Waals surface area contributed by atoms with Crippen molar-refractivity contribution < 1.29 is 19.0 Å². The SMILES string of the molecule is CCCCOc1ccc(/C=C/C(=O)OCC)cc1OCC. The summed E-state index contributed by atoms with van der Waals surface area (Å²) in [7, 11) is 0. The number of carbonyl (C=O) groups is 1. The lowest BCUT2D eigenvalue weighted by Crippen LogP contribution is -2.01. The lowest BCUT2D eigenvalue weighted by molar-refractivity contribution is -0.137. The molecule has 1 rings (SSSR count). The highest BCUT2D eigenvalue weighted by molar-refractivity contribution is 5.87. The third-order valence-electron chi connectivity index (χ3n) is 2.72. The van der Waals surface area contributed by atoms with Crippen LogP contribution in [0.3, 0.4) is 0 Å². The summed E-state index contributed by atoms with van der Waals surface area (Å²) in [6.07, 6.45) is 5.21. The Morgan fingerprint density at radius 3 is 2.57 bits per heavy atom. The molecular weight excluding hydrogens is 268 g/mol. The molecule has 0 bridgehead atoms. The molecular formula is C17H24O4. The molecule has 21 heavy (non-hydrogen) atoms. The first kappa shape index (κ1) is 17.1. The van der Waals surface area contributed by atoms with Crippen molar-refractivity contribution in [2.45, 2.75) is 33.6 Å². The molecule has 0 N–H and O–H groups in total. The van der Waals surface area contributed by atoms with Crippen LogP contribution < -0.4 is 9.47 Å². The predicted molar refractivity (Wildman–Crippen MR) is 83.7 cm³/mol.